The molecule has 6 heteroatoms. The van der Waals surface area contributed by atoms with Crippen molar-refractivity contribution in [2.75, 3.05) is 19.0 Å². The van der Waals surface area contributed by atoms with Crippen LogP contribution in [0.4, 0.5) is 5.69 Å². The zero-order valence-electron chi connectivity index (χ0n) is 13.2. The number of para-hydroxylation sites is 1. The van der Waals surface area contributed by atoms with Gasteiger partial charge in [-0.05, 0) is 32.4 Å². The minimum absolute atomic E-state index is 0.0930. The molecule has 0 heterocycles. The summed E-state index contributed by atoms with van der Waals surface area (Å²) in [5, 5.41) is 3.28. The molecule has 120 valence electrons. The fourth-order valence-corrected chi connectivity index (χ4v) is 3.58. The van der Waals surface area contributed by atoms with Gasteiger partial charge in [-0.25, -0.2) is 13.1 Å². The number of sulfonamides is 1. The molecule has 1 atom stereocenters. The summed E-state index contributed by atoms with van der Waals surface area (Å²) in [6.45, 7) is 6.24. The van der Waals surface area contributed by atoms with Crippen LogP contribution in [0.1, 0.15) is 33.6 Å². The monoisotopic (exact) mass is 314 g/mol. The highest BCUT2D eigenvalue weighted by Crippen LogP contribution is 2.22. The number of hydrogen-bond donors (Lipinski definition) is 2. The third-order valence-electron chi connectivity index (χ3n) is 2.93. The third-order valence-corrected chi connectivity index (χ3v) is 4.65. The number of hydrogen-bond acceptors (Lipinski definition) is 4. The SMILES string of the molecule is CCCC(COC)Nc1ccccc1S(=O)(=O)NC(C)C. The van der Waals surface area contributed by atoms with Crippen molar-refractivity contribution < 1.29 is 13.2 Å². The number of methoxy groups -OCH3 is 1. The van der Waals surface area contributed by atoms with Crippen molar-refractivity contribution >= 4 is 15.7 Å². The predicted molar refractivity (Wildman–Crippen MR) is 86.1 cm³/mol. The molecule has 5 nitrogen and oxygen atoms in total. The molecule has 1 rings (SSSR count). The van der Waals surface area contributed by atoms with Gasteiger partial charge >= 0.3 is 0 Å². The van der Waals surface area contributed by atoms with Gasteiger partial charge in [-0.1, -0.05) is 25.5 Å². The van der Waals surface area contributed by atoms with Crippen LogP contribution in [0.15, 0.2) is 29.2 Å². The number of nitrogens with one attached hydrogen (secondary N) is 2. The van der Waals surface area contributed by atoms with E-state index in [4.69, 9.17) is 4.74 Å². The first-order valence-corrected chi connectivity index (χ1v) is 8.75. The lowest BCUT2D eigenvalue weighted by molar-refractivity contribution is 0.182. The number of benzene rings is 1. The van der Waals surface area contributed by atoms with Gasteiger partial charge in [-0.15, -0.1) is 0 Å². The molecule has 0 aliphatic carbocycles. The van der Waals surface area contributed by atoms with E-state index in [2.05, 4.69) is 17.0 Å². The van der Waals surface area contributed by atoms with Crippen LogP contribution < -0.4 is 10.0 Å². The summed E-state index contributed by atoms with van der Waals surface area (Å²) in [6, 6.07) is 6.90. The maximum atomic E-state index is 12.4. The van der Waals surface area contributed by atoms with Crippen LogP contribution in [0.3, 0.4) is 0 Å². The van der Waals surface area contributed by atoms with Crippen molar-refractivity contribution in [3.05, 3.63) is 24.3 Å². The van der Waals surface area contributed by atoms with Crippen molar-refractivity contribution in [3.63, 3.8) is 0 Å². The average molecular weight is 314 g/mol. The van der Waals surface area contributed by atoms with Gasteiger partial charge in [0.2, 0.25) is 10.0 Å². The quantitative estimate of drug-likeness (QED) is 0.735. The Labute approximate surface area is 128 Å². The van der Waals surface area contributed by atoms with Gasteiger partial charge in [0.05, 0.1) is 12.3 Å². The van der Waals surface area contributed by atoms with Crippen LogP contribution in [0.25, 0.3) is 0 Å². The summed E-state index contributed by atoms with van der Waals surface area (Å²) < 4.78 is 32.6. The molecular formula is C15H26N2O3S. The normalized spacial score (nSPS) is 13.4. The first-order chi connectivity index (χ1) is 9.90. The number of ether oxygens (including phenoxy) is 1. The molecule has 0 aliphatic rings. The minimum atomic E-state index is -3.52. The van der Waals surface area contributed by atoms with Gasteiger partial charge in [0.25, 0.3) is 0 Å². The largest absolute Gasteiger partial charge is 0.383 e. The standard InChI is InChI=1S/C15H26N2O3S/c1-5-8-13(11-20-4)16-14-9-6-7-10-15(14)21(18,19)17-12(2)3/h6-7,9-10,12-13,16-17H,5,8,11H2,1-4H3. The third kappa shape index (κ3) is 5.65. The van der Waals surface area contributed by atoms with Crippen molar-refractivity contribution in [3.8, 4) is 0 Å². The van der Waals surface area contributed by atoms with Gasteiger partial charge < -0.3 is 10.1 Å². The Kier molecular flexibility index (Phi) is 7.14. The van der Waals surface area contributed by atoms with Crippen LogP contribution >= 0.6 is 0 Å². The Morgan fingerprint density at radius 1 is 1.24 bits per heavy atom. The first kappa shape index (κ1) is 17.9. The summed E-state index contributed by atoms with van der Waals surface area (Å²) in [5.74, 6) is 0. The van der Waals surface area contributed by atoms with Gasteiger partial charge in [0.1, 0.15) is 4.90 Å². The van der Waals surface area contributed by atoms with E-state index in [0.717, 1.165) is 12.8 Å². The lowest BCUT2D eigenvalue weighted by Crippen LogP contribution is -2.32. The van der Waals surface area contributed by atoms with E-state index in [1.54, 1.807) is 39.2 Å². The smallest absolute Gasteiger partial charge is 0.242 e. The molecule has 21 heavy (non-hydrogen) atoms. The second kappa shape index (κ2) is 8.36. The van der Waals surface area contributed by atoms with Crippen LogP contribution in [-0.4, -0.2) is 34.2 Å². The Hall–Kier alpha value is -1.11. The van der Waals surface area contributed by atoms with Crippen LogP contribution in [-0.2, 0) is 14.8 Å². The molecule has 0 fully saturated rings. The zero-order valence-corrected chi connectivity index (χ0v) is 14.0. The molecular weight excluding hydrogens is 288 g/mol. The maximum Gasteiger partial charge on any atom is 0.242 e. The van der Waals surface area contributed by atoms with E-state index in [-0.39, 0.29) is 17.0 Å². The summed E-state index contributed by atoms with van der Waals surface area (Å²) in [4.78, 5) is 0.274. The molecule has 1 aromatic carbocycles. The van der Waals surface area contributed by atoms with Gasteiger partial charge in [-0.2, -0.15) is 0 Å². The zero-order chi connectivity index (χ0) is 15.9. The van der Waals surface area contributed by atoms with Gasteiger partial charge in [-0.3, -0.25) is 0 Å². The van der Waals surface area contributed by atoms with Crippen LogP contribution in [0.2, 0.25) is 0 Å². The van der Waals surface area contributed by atoms with Gasteiger partial charge in [0, 0.05) is 19.2 Å². The highest BCUT2D eigenvalue weighted by Gasteiger charge is 2.20. The molecule has 0 bridgehead atoms. The fraction of sp³-hybridized carbons (Fsp3) is 0.600. The first-order valence-electron chi connectivity index (χ1n) is 7.27. The highest BCUT2D eigenvalue weighted by molar-refractivity contribution is 7.89. The maximum absolute atomic E-state index is 12.4. The van der Waals surface area contributed by atoms with E-state index >= 15 is 0 Å². The molecule has 0 saturated carbocycles. The van der Waals surface area contributed by atoms with E-state index in [9.17, 15) is 8.42 Å². The van der Waals surface area contributed by atoms with Crippen molar-refractivity contribution in [1.82, 2.24) is 4.72 Å². The van der Waals surface area contributed by atoms with Crippen LogP contribution in [0, 0.1) is 0 Å². The Morgan fingerprint density at radius 3 is 2.48 bits per heavy atom. The van der Waals surface area contributed by atoms with E-state index < -0.39 is 10.0 Å². The summed E-state index contributed by atoms with van der Waals surface area (Å²) in [6.07, 6.45) is 1.92. The van der Waals surface area contributed by atoms with Crippen molar-refractivity contribution in [1.29, 1.82) is 0 Å². The van der Waals surface area contributed by atoms with Crippen LogP contribution in [0.5, 0.6) is 0 Å². The molecule has 2 N–H and O–H groups in total. The molecule has 0 amide bonds. The molecule has 0 spiro atoms. The molecule has 0 saturated heterocycles. The summed E-state index contributed by atoms with van der Waals surface area (Å²) >= 11 is 0. The molecule has 0 aromatic heterocycles. The van der Waals surface area contributed by atoms with E-state index in [0.29, 0.717) is 12.3 Å². The molecule has 1 aromatic rings. The lowest BCUT2D eigenvalue weighted by atomic mass is 10.1. The number of rotatable bonds is 9. The minimum Gasteiger partial charge on any atom is -0.383 e. The molecule has 0 radical (unpaired) electrons. The second-order valence-corrected chi connectivity index (χ2v) is 7.04. The fourth-order valence-electron chi connectivity index (χ4n) is 2.16. The molecule has 0 aliphatic heterocycles. The molecule has 1 unspecified atom stereocenters. The predicted octanol–water partition coefficient (Wildman–Crippen LogP) is 2.60. The lowest BCUT2D eigenvalue weighted by Gasteiger charge is -2.21. The van der Waals surface area contributed by atoms with E-state index in [1.807, 2.05) is 6.07 Å². The average Bonchev–Trinajstić information content (AvgIpc) is 2.38. The van der Waals surface area contributed by atoms with Crippen molar-refractivity contribution in [2.24, 2.45) is 0 Å². The van der Waals surface area contributed by atoms with E-state index in [1.165, 1.54) is 0 Å². The Bertz CT molecular complexity index is 523. The Balaban J connectivity index is 3.03. The second-order valence-electron chi connectivity index (χ2n) is 5.36. The number of anilines is 1. The summed E-state index contributed by atoms with van der Waals surface area (Å²) in [7, 11) is -1.87. The summed E-state index contributed by atoms with van der Waals surface area (Å²) in [5.41, 5.74) is 0.612. The Morgan fingerprint density at radius 2 is 1.90 bits per heavy atom. The topological polar surface area (TPSA) is 67.4 Å². The highest BCUT2D eigenvalue weighted by atomic mass is 32.2. The van der Waals surface area contributed by atoms with Crippen molar-refractivity contribution in [2.45, 2.75) is 50.6 Å². The van der Waals surface area contributed by atoms with Gasteiger partial charge in [0.15, 0.2) is 0 Å².